The first-order valence-corrected chi connectivity index (χ1v) is 11.8. The van der Waals surface area contributed by atoms with Gasteiger partial charge in [-0.3, -0.25) is 14.6 Å². The van der Waals surface area contributed by atoms with Crippen LogP contribution in [0.15, 0.2) is 47.6 Å². The number of rotatable bonds is 5. The van der Waals surface area contributed by atoms with Crippen molar-refractivity contribution in [2.45, 2.75) is 29.9 Å². The minimum Gasteiger partial charge on any atom is -0.336 e. The molecule has 2 aliphatic heterocycles. The molecule has 0 N–H and O–H groups in total. The average molecular weight is 508 g/mol. The Morgan fingerprint density at radius 1 is 1.09 bits per heavy atom. The summed E-state index contributed by atoms with van der Waals surface area (Å²) in [5, 5.41) is 0. The van der Waals surface area contributed by atoms with Gasteiger partial charge in [0, 0.05) is 50.0 Å². The number of imide groups is 1. The fourth-order valence-corrected chi connectivity index (χ4v) is 4.60. The molecule has 35 heavy (non-hydrogen) atoms. The number of aromatic nitrogens is 1. The van der Waals surface area contributed by atoms with Crippen LogP contribution in [-0.4, -0.2) is 82.3 Å². The van der Waals surface area contributed by atoms with Crippen LogP contribution < -0.4 is 4.90 Å². The number of pyridine rings is 1. The molecule has 0 radical (unpaired) electrons. The molecule has 2 aliphatic rings. The predicted octanol–water partition coefficient (Wildman–Crippen LogP) is 3.44. The maximum absolute atomic E-state index is 13.2. The number of carbonyl (C=O) groups excluding carboxylic acids is 3. The molecule has 3 heterocycles. The van der Waals surface area contributed by atoms with Gasteiger partial charge in [0.25, 0.3) is 11.8 Å². The second-order valence-corrected chi connectivity index (χ2v) is 9.57. The van der Waals surface area contributed by atoms with E-state index in [-0.39, 0.29) is 34.8 Å². The van der Waals surface area contributed by atoms with Crippen molar-refractivity contribution in [1.82, 2.24) is 19.7 Å². The second kappa shape index (κ2) is 9.86. The first-order chi connectivity index (χ1) is 16.5. The third-order valence-electron chi connectivity index (χ3n) is 6.08. The van der Waals surface area contributed by atoms with Crippen molar-refractivity contribution < 1.29 is 27.6 Å². The molecule has 12 heteroatoms. The van der Waals surface area contributed by atoms with Crippen LogP contribution in [0.3, 0.4) is 0 Å². The number of urea groups is 1. The zero-order chi connectivity index (χ0) is 25.3. The number of piperazine rings is 1. The largest absolute Gasteiger partial charge is 0.446 e. The lowest BCUT2D eigenvalue weighted by Gasteiger charge is -2.33. The third-order valence-corrected chi connectivity index (χ3v) is 6.82. The van der Waals surface area contributed by atoms with E-state index in [9.17, 15) is 27.6 Å². The minimum atomic E-state index is -4.43. The molecule has 4 rings (SSSR count). The van der Waals surface area contributed by atoms with Crippen LogP contribution in [0.1, 0.15) is 22.8 Å². The molecule has 1 atom stereocenters. The Morgan fingerprint density at radius 3 is 2.37 bits per heavy atom. The molecular weight excluding hydrogens is 483 g/mol. The van der Waals surface area contributed by atoms with Gasteiger partial charge in [0.2, 0.25) is 0 Å². The summed E-state index contributed by atoms with van der Waals surface area (Å²) >= 11 is -0.271. The highest BCUT2D eigenvalue weighted by atomic mass is 32.2. The number of thioether (sulfide) groups is 1. The number of anilines is 1. The fourth-order valence-electron chi connectivity index (χ4n) is 4.06. The molecule has 2 aromatic rings. The van der Waals surface area contributed by atoms with Gasteiger partial charge in [-0.15, -0.1) is 0 Å². The summed E-state index contributed by atoms with van der Waals surface area (Å²) < 4.78 is 37.8. The Hall–Kier alpha value is -3.12. The van der Waals surface area contributed by atoms with Crippen molar-refractivity contribution in [2.24, 2.45) is 0 Å². The topological polar surface area (TPSA) is 77.1 Å². The Morgan fingerprint density at radius 2 is 1.74 bits per heavy atom. The molecule has 4 amide bonds. The van der Waals surface area contributed by atoms with Crippen LogP contribution in [0.5, 0.6) is 0 Å². The van der Waals surface area contributed by atoms with Crippen LogP contribution in [-0.2, 0) is 11.3 Å². The summed E-state index contributed by atoms with van der Waals surface area (Å²) in [5.74, 6) is -0.673. The SMILES string of the molecule is CC1C(=O)N(c2ccc(SC(F)(F)F)cc2)C(=O)N1Cc1ccncc1C(=O)N1CCN(C)CC1. The number of halogens is 3. The summed E-state index contributed by atoms with van der Waals surface area (Å²) in [6.07, 6.45) is 3.00. The van der Waals surface area contributed by atoms with Gasteiger partial charge in [0.15, 0.2) is 0 Å². The van der Waals surface area contributed by atoms with Crippen molar-refractivity contribution in [3.8, 4) is 0 Å². The number of likely N-dealkylation sites (N-methyl/N-ethyl adjacent to an activating group) is 1. The van der Waals surface area contributed by atoms with E-state index in [0.29, 0.717) is 24.2 Å². The first kappa shape index (κ1) is 25.0. The molecule has 2 saturated heterocycles. The molecule has 1 aromatic heterocycles. The molecule has 0 aliphatic carbocycles. The molecule has 8 nitrogen and oxygen atoms in total. The Balaban J connectivity index is 1.53. The Labute approximate surface area is 204 Å². The van der Waals surface area contributed by atoms with Gasteiger partial charge >= 0.3 is 11.5 Å². The van der Waals surface area contributed by atoms with Crippen molar-refractivity contribution in [3.05, 3.63) is 53.9 Å². The number of alkyl halides is 3. The number of carbonyl (C=O) groups is 3. The van der Waals surface area contributed by atoms with Gasteiger partial charge < -0.3 is 14.7 Å². The number of benzene rings is 1. The van der Waals surface area contributed by atoms with Gasteiger partial charge in [-0.05, 0) is 61.6 Å². The van der Waals surface area contributed by atoms with Crippen molar-refractivity contribution in [3.63, 3.8) is 0 Å². The lowest BCUT2D eigenvalue weighted by atomic mass is 10.1. The molecule has 0 bridgehead atoms. The van der Waals surface area contributed by atoms with Crippen molar-refractivity contribution in [1.29, 1.82) is 0 Å². The molecular formula is C23H24F3N5O3S. The molecule has 1 aromatic carbocycles. The third kappa shape index (κ3) is 5.43. The molecule has 0 saturated carbocycles. The van der Waals surface area contributed by atoms with Crippen LogP contribution in [0, 0.1) is 0 Å². The monoisotopic (exact) mass is 507 g/mol. The van der Waals surface area contributed by atoms with E-state index in [0.717, 1.165) is 18.0 Å². The quantitative estimate of drug-likeness (QED) is 0.456. The van der Waals surface area contributed by atoms with Gasteiger partial charge in [-0.2, -0.15) is 13.2 Å². The van der Waals surface area contributed by atoms with E-state index in [4.69, 9.17) is 0 Å². The molecule has 186 valence electrons. The maximum atomic E-state index is 13.2. The maximum Gasteiger partial charge on any atom is 0.446 e. The van der Waals surface area contributed by atoms with Crippen LogP contribution in [0.25, 0.3) is 0 Å². The first-order valence-electron chi connectivity index (χ1n) is 11.0. The average Bonchev–Trinajstić information content (AvgIpc) is 3.02. The van der Waals surface area contributed by atoms with E-state index < -0.39 is 23.5 Å². The molecule has 0 spiro atoms. The zero-order valence-electron chi connectivity index (χ0n) is 19.2. The van der Waals surface area contributed by atoms with Crippen LogP contribution in [0.4, 0.5) is 23.7 Å². The van der Waals surface area contributed by atoms with Gasteiger partial charge in [0.1, 0.15) is 6.04 Å². The Bertz CT molecular complexity index is 1120. The standard InChI is InChI=1S/C23H24F3N5O3S/c1-15-20(32)31(17-3-5-18(6-4-17)35-23(24,25)26)22(34)30(15)14-16-7-8-27-13-19(16)21(33)29-11-9-28(2)10-12-29/h3-8,13,15H,9-12,14H2,1-2H3. The van der Waals surface area contributed by atoms with Crippen LogP contribution >= 0.6 is 11.8 Å². The highest BCUT2D eigenvalue weighted by Crippen LogP contribution is 2.38. The lowest BCUT2D eigenvalue weighted by molar-refractivity contribution is -0.119. The predicted molar refractivity (Wildman–Crippen MR) is 124 cm³/mol. The normalized spacial score (nSPS) is 19.6. The molecule has 2 fully saturated rings. The number of hydrogen-bond acceptors (Lipinski definition) is 6. The van der Waals surface area contributed by atoms with Gasteiger partial charge in [-0.1, -0.05) is 0 Å². The lowest BCUT2D eigenvalue weighted by Crippen LogP contribution is -2.47. The van der Waals surface area contributed by atoms with Crippen molar-refractivity contribution >= 4 is 35.3 Å². The van der Waals surface area contributed by atoms with E-state index in [1.807, 2.05) is 7.05 Å². The Kier molecular flexibility index (Phi) is 7.04. The minimum absolute atomic E-state index is 0.0155. The highest BCUT2D eigenvalue weighted by Gasteiger charge is 2.43. The second-order valence-electron chi connectivity index (χ2n) is 8.43. The highest BCUT2D eigenvalue weighted by molar-refractivity contribution is 8.00. The fraction of sp³-hybridized carbons (Fsp3) is 0.391. The van der Waals surface area contributed by atoms with E-state index >= 15 is 0 Å². The number of amides is 4. The van der Waals surface area contributed by atoms with Gasteiger partial charge in [-0.25, -0.2) is 9.69 Å². The van der Waals surface area contributed by atoms with E-state index in [1.165, 1.54) is 41.6 Å². The summed E-state index contributed by atoms with van der Waals surface area (Å²) in [6, 6.07) is 5.30. The summed E-state index contributed by atoms with van der Waals surface area (Å²) in [7, 11) is 1.99. The smallest absolute Gasteiger partial charge is 0.336 e. The summed E-state index contributed by atoms with van der Waals surface area (Å²) in [6.45, 7) is 4.27. The number of nitrogens with zero attached hydrogens (tertiary/aromatic N) is 5. The van der Waals surface area contributed by atoms with Gasteiger partial charge in [0.05, 0.1) is 11.3 Å². The number of hydrogen-bond donors (Lipinski definition) is 0. The van der Waals surface area contributed by atoms with E-state index in [1.54, 1.807) is 17.9 Å². The summed E-state index contributed by atoms with van der Waals surface area (Å²) in [5.41, 5.74) is -3.31. The van der Waals surface area contributed by atoms with E-state index in [2.05, 4.69) is 9.88 Å². The zero-order valence-corrected chi connectivity index (χ0v) is 20.0. The van der Waals surface area contributed by atoms with Crippen molar-refractivity contribution in [2.75, 3.05) is 38.1 Å². The van der Waals surface area contributed by atoms with Crippen LogP contribution in [0.2, 0.25) is 0 Å². The summed E-state index contributed by atoms with van der Waals surface area (Å²) in [4.78, 5) is 49.5. The molecule has 1 unspecified atom stereocenters.